The highest BCUT2D eigenvalue weighted by Gasteiger charge is 2.33. The Bertz CT molecular complexity index is 518. The Morgan fingerprint density at radius 1 is 1.55 bits per heavy atom. The topological polar surface area (TPSA) is 82.5 Å². The van der Waals surface area contributed by atoms with Crippen LogP contribution in [0.4, 0.5) is 5.82 Å². The SMILES string of the molecule is CC(=O)Nc1cc(C(=O)N2CCC(CO)C2C)ccn1. The monoisotopic (exact) mass is 277 g/mol. The fraction of sp³-hybridized carbons (Fsp3) is 0.500. The molecule has 1 aromatic rings. The van der Waals surface area contributed by atoms with Crippen LogP contribution in [0, 0.1) is 5.92 Å². The minimum Gasteiger partial charge on any atom is -0.396 e. The van der Waals surface area contributed by atoms with Crippen molar-refractivity contribution in [3.05, 3.63) is 23.9 Å². The third kappa shape index (κ3) is 2.96. The van der Waals surface area contributed by atoms with Crippen molar-refractivity contribution >= 4 is 17.6 Å². The van der Waals surface area contributed by atoms with E-state index in [0.29, 0.717) is 17.9 Å². The number of hydrogen-bond acceptors (Lipinski definition) is 4. The maximum atomic E-state index is 12.5. The van der Waals surface area contributed by atoms with Gasteiger partial charge in [0.05, 0.1) is 0 Å². The summed E-state index contributed by atoms with van der Waals surface area (Å²) in [5.41, 5.74) is 0.495. The molecule has 20 heavy (non-hydrogen) atoms. The van der Waals surface area contributed by atoms with Crippen LogP contribution in [0.5, 0.6) is 0 Å². The third-order valence-corrected chi connectivity index (χ3v) is 3.72. The number of pyridine rings is 1. The second-order valence-corrected chi connectivity index (χ2v) is 5.08. The molecule has 2 heterocycles. The number of aliphatic hydroxyl groups excluding tert-OH is 1. The molecule has 108 valence electrons. The first-order chi connectivity index (χ1) is 9.52. The van der Waals surface area contributed by atoms with Gasteiger partial charge in [-0.3, -0.25) is 9.59 Å². The number of amides is 2. The van der Waals surface area contributed by atoms with Crippen molar-refractivity contribution in [1.82, 2.24) is 9.88 Å². The summed E-state index contributed by atoms with van der Waals surface area (Å²) in [6, 6.07) is 3.22. The largest absolute Gasteiger partial charge is 0.396 e. The fourth-order valence-corrected chi connectivity index (χ4v) is 2.51. The van der Waals surface area contributed by atoms with Crippen LogP contribution in [-0.2, 0) is 4.79 Å². The molecule has 0 saturated carbocycles. The van der Waals surface area contributed by atoms with Gasteiger partial charge in [-0.05, 0) is 25.5 Å². The molecule has 0 aliphatic carbocycles. The molecule has 2 rings (SSSR count). The summed E-state index contributed by atoms with van der Waals surface area (Å²) in [4.78, 5) is 29.2. The van der Waals surface area contributed by atoms with Gasteiger partial charge in [0.25, 0.3) is 5.91 Å². The minimum atomic E-state index is -0.225. The Balaban J connectivity index is 2.15. The van der Waals surface area contributed by atoms with Crippen molar-refractivity contribution in [2.24, 2.45) is 5.92 Å². The zero-order chi connectivity index (χ0) is 14.7. The zero-order valence-electron chi connectivity index (χ0n) is 11.7. The van der Waals surface area contributed by atoms with Crippen LogP contribution in [-0.4, -0.2) is 46.0 Å². The summed E-state index contributed by atoms with van der Waals surface area (Å²) in [6.07, 6.45) is 2.32. The predicted octanol–water partition coefficient (Wildman–Crippen LogP) is 0.883. The number of nitrogens with one attached hydrogen (secondary N) is 1. The summed E-state index contributed by atoms with van der Waals surface area (Å²) in [7, 11) is 0. The normalized spacial score (nSPS) is 21.9. The number of aliphatic hydroxyl groups is 1. The summed E-state index contributed by atoms with van der Waals surface area (Å²) in [5.74, 6) is 0.184. The lowest BCUT2D eigenvalue weighted by molar-refractivity contribution is -0.114. The van der Waals surface area contributed by atoms with Crippen LogP contribution in [0.3, 0.4) is 0 Å². The molecule has 0 bridgehead atoms. The molecule has 1 fully saturated rings. The number of rotatable bonds is 3. The van der Waals surface area contributed by atoms with E-state index < -0.39 is 0 Å². The molecule has 2 amide bonds. The van der Waals surface area contributed by atoms with Gasteiger partial charge >= 0.3 is 0 Å². The highest BCUT2D eigenvalue weighted by atomic mass is 16.3. The standard InChI is InChI=1S/C14H19N3O3/c1-9-12(8-18)4-6-17(9)14(20)11-3-5-15-13(7-11)16-10(2)19/h3,5,7,9,12,18H,4,6,8H2,1-2H3,(H,15,16,19). The van der Waals surface area contributed by atoms with E-state index in [0.717, 1.165) is 6.42 Å². The van der Waals surface area contributed by atoms with Crippen molar-refractivity contribution < 1.29 is 14.7 Å². The van der Waals surface area contributed by atoms with Crippen molar-refractivity contribution in [3.63, 3.8) is 0 Å². The van der Waals surface area contributed by atoms with Crippen molar-refractivity contribution in [2.45, 2.75) is 26.3 Å². The highest BCUT2D eigenvalue weighted by molar-refractivity contribution is 5.96. The molecule has 6 heteroatoms. The lowest BCUT2D eigenvalue weighted by atomic mass is 10.0. The van der Waals surface area contributed by atoms with E-state index in [2.05, 4.69) is 10.3 Å². The van der Waals surface area contributed by atoms with Crippen LogP contribution in [0.1, 0.15) is 30.6 Å². The van der Waals surface area contributed by atoms with E-state index in [1.165, 1.54) is 13.1 Å². The van der Waals surface area contributed by atoms with Crippen LogP contribution in [0.15, 0.2) is 18.3 Å². The van der Waals surface area contributed by atoms with Gasteiger partial charge in [0, 0.05) is 43.8 Å². The molecule has 0 spiro atoms. The molecule has 2 atom stereocenters. The number of aromatic nitrogens is 1. The van der Waals surface area contributed by atoms with E-state index in [4.69, 9.17) is 0 Å². The van der Waals surface area contributed by atoms with Gasteiger partial charge < -0.3 is 15.3 Å². The number of anilines is 1. The van der Waals surface area contributed by atoms with Crippen LogP contribution >= 0.6 is 0 Å². The lowest BCUT2D eigenvalue weighted by Gasteiger charge is -2.24. The third-order valence-electron chi connectivity index (χ3n) is 3.72. The molecular formula is C14H19N3O3. The second-order valence-electron chi connectivity index (χ2n) is 5.08. The van der Waals surface area contributed by atoms with Gasteiger partial charge in [0.2, 0.25) is 5.91 Å². The number of likely N-dealkylation sites (tertiary alicyclic amines) is 1. The quantitative estimate of drug-likeness (QED) is 0.859. The maximum absolute atomic E-state index is 12.5. The zero-order valence-corrected chi connectivity index (χ0v) is 11.7. The van der Waals surface area contributed by atoms with E-state index >= 15 is 0 Å². The molecule has 2 unspecified atom stereocenters. The van der Waals surface area contributed by atoms with Crippen molar-refractivity contribution in [1.29, 1.82) is 0 Å². The average molecular weight is 277 g/mol. The van der Waals surface area contributed by atoms with Gasteiger partial charge in [0.1, 0.15) is 5.82 Å². The first kappa shape index (κ1) is 14.5. The Labute approximate surface area is 117 Å². The Hall–Kier alpha value is -1.95. The molecular weight excluding hydrogens is 258 g/mol. The molecule has 1 aromatic heterocycles. The first-order valence-corrected chi connectivity index (χ1v) is 6.68. The van der Waals surface area contributed by atoms with Gasteiger partial charge in [0.15, 0.2) is 0 Å². The Kier molecular flexibility index (Phi) is 4.34. The van der Waals surface area contributed by atoms with Gasteiger partial charge in [-0.25, -0.2) is 4.98 Å². The van der Waals surface area contributed by atoms with Crippen LogP contribution in [0.2, 0.25) is 0 Å². The van der Waals surface area contributed by atoms with Gasteiger partial charge in [-0.2, -0.15) is 0 Å². The van der Waals surface area contributed by atoms with Crippen molar-refractivity contribution in [2.75, 3.05) is 18.5 Å². The second kappa shape index (κ2) is 6.00. The van der Waals surface area contributed by atoms with E-state index in [-0.39, 0.29) is 30.4 Å². The van der Waals surface area contributed by atoms with Crippen LogP contribution in [0.25, 0.3) is 0 Å². The summed E-state index contributed by atoms with van der Waals surface area (Å²) in [6.45, 7) is 4.08. The number of carbonyl (C=O) groups excluding carboxylic acids is 2. The summed E-state index contributed by atoms with van der Waals surface area (Å²) >= 11 is 0. The maximum Gasteiger partial charge on any atom is 0.254 e. The van der Waals surface area contributed by atoms with Crippen molar-refractivity contribution in [3.8, 4) is 0 Å². The average Bonchev–Trinajstić information content (AvgIpc) is 2.78. The molecule has 0 aromatic carbocycles. The summed E-state index contributed by atoms with van der Waals surface area (Å²) in [5, 5.41) is 11.8. The Morgan fingerprint density at radius 3 is 2.90 bits per heavy atom. The van der Waals surface area contributed by atoms with E-state index in [1.807, 2.05) is 6.92 Å². The first-order valence-electron chi connectivity index (χ1n) is 6.68. The highest BCUT2D eigenvalue weighted by Crippen LogP contribution is 2.25. The molecule has 0 radical (unpaired) electrons. The number of hydrogen-bond donors (Lipinski definition) is 2. The lowest BCUT2D eigenvalue weighted by Crippen LogP contribution is -2.36. The van der Waals surface area contributed by atoms with E-state index in [9.17, 15) is 14.7 Å². The number of carbonyl (C=O) groups is 2. The molecule has 6 nitrogen and oxygen atoms in total. The Morgan fingerprint density at radius 2 is 2.30 bits per heavy atom. The molecule has 1 saturated heterocycles. The predicted molar refractivity (Wildman–Crippen MR) is 74.2 cm³/mol. The van der Waals surface area contributed by atoms with Crippen LogP contribution < -0.4 is 5.32 Å². The smallest absolute Gasteiger partial charge is 0.254 e. The minimum absolute atomic E-state index is 0.0184. The van der Waals surface area contributed by atoms with Gasteiger partial charge in [-0.1, -0.05) is 0 Å². The fourth-order valence-electron chi connectivity index (χ4n) is 2.51. The van der Waals surface area contributed by atoms with Gasteiger partial charge in [-0.15, -0.1) is 0 Å². The molecule has 1 aliphatic heterocycles. The number of nitrogens with zero attached hydrogens (tertiary/aromatic N) is 2. The summed E-state index contributed by atoms with van der Waals surface area (Å²) < 4.78 is 0. The van der Waals surface area contributed by atoms with E-state index in [1.54, 1.807) is 17.0 Å². The molecule has 1 aliphatic rings. The molecule has 2 N–H and O–H groups in total.